The molecule has 0 saturated carbocycles. The number of rotatable bonds is 3. The molecule has 0 fully saturated rings. The van der Waals surface area contributed by atoms with Crippen molar-refractivity contribution in [1.29, 1.82) is 0 Å². The van der Waals surface area contributed by atoms with Crippen LogP contribution in [0.4, 0.5) is 0 Å². The summed E-state index contributed by atoms with van der Waals surface area (Å²) in [5.41, 5.74) is 2.44. The van der Waals surface area contributed by atoms with Gasteiger partial charge in [-0.1, -0.05) is 42.5 Å². The molecular formula is C14H14NO2S. The molecule has 0 saturated heterocycles. The fourth-order valence-corrected chi connectivity index (χ4v) is 2.69. The third-order valence-corrected chi connectivity index (χ3v) is 4.18. The van der Waals surface area contributed by atoms with E-state index in [-0.39, 0.29) is 4.90 Å². The zero-order valence-electron chi connectivity index (χ0n) is 10.1. The van der Waals surface area contributed by atoms with Crippen LogP contribution in [0, 0.1) is 6.92 Å². The Morgan fingerprint density at radius 2 is 1.61 bits per heavy atom. The number of hydrogen-bond donors (Lipinski definition) is 1. The van der Waals surface area contributed by atoms with Gasteiger partial charge < -0.3 is 0 Å². The maximum Gasteiger partial charge on any atom is 0.240 e. The molecule has 4 heteroatoms. The fourth-order valence-electron chi connectivity index (χ4n) is 1.73. The number of benzene rings is 2. The van der Waals surface area contributed by atoms with Gasteiger partial charge in [0, 0.05) is 5.56 Å². The van der Waals surface area contributed by atoms with Crippen LogP contribution in [0.2, 0.25) is 0 Å². The van der Waals surface area contributed by atoms with E-state index in [1.54, 1.807) is 18.2 Å². The fraction of sp³-hybridized carbons (Fsp3) is 0.0714. The highest BCUT2D eigenvalue weighted by Crippen LogP contribution is 2.27. The Hall–Kier alpha value is -1.65. The lowest BCUT2D eigenvalue weighted by Crippen LogP contribution is -2.19. The first-order chi connectivity index (χ1) is 8.54. The van der Waals surface area contributed by atoms with Crippen molar-refractivity contribution in [3.05, 3.63) is 61.0 Å². The van der Waals surface area contributed by atoms with Gasteiger partial charge in [-0.25, -0.2) is 13.1 Å². The molecule has 93 valence electrons. The van der Waals surface area contributed by atoms with E-state index < -0.39 is 10.0 Å². The Bertz CT molecular complexity index is 646. The van der Waals surface area contributed by atoms with Gasteiger partial charge in [-0.3, -0.25) is 0 Å². The maximum absolute atomic E-state index is 11.9. The van der Waals surface area contributed by atoms with E-state index in [1.165, 1.54) is 7.05 Å². The molecule has 0 unspecified atom stereocenters. The largest absolute Gasteiger partial charge is 0.240 e. The van der Waals surface area contributed by atoms with Gasteiger partial charge in [-0.05, 0) is 31.2 Å². The molecule has 0 bridgehead atoms. The van der Waals surface area contributed by atoms with Crippen LogP contribution in [-0.2, 0) is 10.0 Å². The van der Waals surface area contributed by atoms with Crippen molar-refractivity contribution in [2.75, 3.05) is 7.05 Å². The van der Waals surface area contributed by atoms with Crippen molar-refractivity contribution in [2.45, 2.75) is 4.90 Å². The molecule has 0 atom stereocenters. The Labute approximate surface area is 108 Å². The molecule has 0 aliphatic heterocycles. The Morgan fingerprint density at radius 1 is 1.00 bits per heavy atom. The summed E-state index contributed by atoms with van der Waals surface area (Å²) in [4.78, 5) is 0.282. The van der Waals surface area contributed by atoms with Crippen LogP contribution in [0.25, 0.3) is 11.1 Å². The van der Waals surface area contributed by atoms with Crippen molar-refractivity contribution in [3.8, 4) is 11.1 Å². The maximum atomic E-state index is 11.9. The first-order valence-corrected chi connectivity index (χ1v) is 6.98. The SMILES string of the molecule is [CH2]c1ccc(-c2ccccc2S(=O)(=O)NC)cc1. The molecule has 3 nitrogen and oxygen atoms in total. The van der Waals surface area contributed by atoms with Crippen LogP contribution >= 0.6 is 0 Å². The van der Waals surface area contributed by atoms with E-state index >= 15 is 0 Å². The van der Waals surface area contributed by atoms with Crippen LogP contribution < -0.4 is 4.72 Å². The Balaban J connectivity index is 2.62. The van der Waals surface area contributed by atoms with E-state index in [2.05, 4.69) is 11.6 Å². The van der Waals surface area contributed by atoms with E-state index in [9.17, 15) is 8.42 Å². The van der Waals surface area contributed by atoms with Gasteiger partial charge >= 0.3 is 0 Å². The summed E-state index contributed by atoms with van der Waals surface area (Å²) in [6.45, 7) is 3.81. The third-order valence-electron chi connectivity index (χ3n) is 2.71. The quantitative estimate of drug-likeness (QED) is 0.921. The molecule has 2 aromatic carbocycles. The predicted molar refractivity (Wildman–Crippen MR) is 72.6 cm³/mol. The summed E-state index contributed by atoms with van der Waals surface area (Å²) in [7, 11) is -2.04. The highest BCUT2D eigenvalue weighted by molar-refractivity contribution is 7.89. The van der Waals surface area contributed by atoms with Gasteiger partial charge in [0.2, 0.25) is 10.0 Å². The van der Waals surface area contributed by atoms with E-state index in [4.69, 9.17) is 0 Å². The zero-order valence-corrected chi connectivity index (χ0v) is 10.9. The summed E-state index contributed by atoms with van der Waals surface area (Å²) in [5.74, 6) is 0. The molecule has 0 aromatic heterocycles. The van der Waals surface area contributed by atoms with E-state index in [1.807, 2.05) is 30.3 Å². The van der Waals surface area contributed by atoms with Crippen LogP contribution in [0.1, 0.15) is 5.56 Å². The average Bonchev–Trinajstić information content (AvgIpc) is 2.40. The van der Waals surface area contributed by atoms with Crippen LogP contribution in [0.3, 0.4) is 0 Å². The molecule has 2 rings (SSSR count). The summed E-state index contributed by atoms with van der Waals surface area (Å²) in [6.07, 6.45) is 0. The van der Waals surface area contributed by atoms with Gasteiger partial charge in [-0.2, -0.15) is 0 Å². The summed E-state index contributed by atoms with van der Waals surface area (Å²) < 4.78 is 26.2. The van der Waals surface area contributed by atoms with Crippen molar-refractivity contribution >= 4 is 10.0 Å². The third kappa shape index (κ3) is 2.44. The van der Waals surface area contributed by atoms with E-state index in [0.717, 1.165) is 11.1 Å². The predicted octanol–water partition coefficient (Wildman–Crippen LogP) is 2.44. The smallest absolute Gasteiger partial charge is 0.214 e. The lowest BCUT2D eigenvalue weighted by molar-refractivity contribution is 0.588. The molecule has 18 heavy (non-hydrogen) atoms. The van der Waals surface area contributed by atoms with Gasteiger partial charge in [0.1, 0.15) is 0 Å². The minimum absolute atomic E-state index is 0.282. The number of sulfonamides is 1. The van der Waals surface area contributed by atoms with E-state index in [0.29, 0.717) is 5.56 Å². The first-order valence-electron chi connectivity index (χ1n) is 5.49. The molecule has 0 spiro atoms. The average molecular weight is 260 g/mol. The number of hydrogen-bond acceptors (Lipinski definition) is 2. The molecule has 1 N–H and O–H groups in total. The second-order valence-electron chi connectivity index (χ2n) is 3.90. The minimum Gasteiger partial charge on any atom is -0.214 e. The van der Waals surface area contributed by atoms with Gasteiger partial charge in [-0.15, -0.1) is 0 Å². The molecule has 0 heterocycles. The first kappa shape index (κ1) is 12.8. The molecular weight excluding hydrogens is 246 g/mol. The Morgan fingerprint density at radius 3 is 2.22 bits per heavy atom. The van der Waals surface area contributed by atoms with Gasteiger partial charge in [0.15, 0.2) is 0 Å². The summed E-state index contributed by atoms with van der Waals surface area (Å²) >= 11 is 0. The highest BCUT2D eigenvalue weighted by atomic mass is 32.2. The summed E-state index contributed by atoms with van der Waals surface area (Å²) in [5, 5.41) is 0. The monoisotopic (exact) mass is 260 g/mol. The number of nitrogens with one attached hydrogen (secondary N) is 1. The summed E-state index contributed by atoms with van der Waals surface area (Å²) in [6, 6.07) is 14.4. The molecule has 1 radical (unpaired) electrons. The normalized spacial score (nSPS) is 11.4. The molecule has 2 aromatic rings. The van der Waals surface area contributed by atoms with Crippen molar-refractivity contribution in [2.24, 2.45) is 0 Å². The van der Waals surface area contributed by atoms with Gasteiger partial charge in [0.05, 0.1) is 4.90 Å². The Kier molecular flexibility index (Phi) is 3.50. The minimum atomic E-state index is -3.45. The van der Waals surface area contributed by atoms with Gasteiger partial charge in [0.25, 0.3) is 0 Å². The lowest BCUT2D eigenvalue weighted by atomic mass is 10.0. The molecule has 0 aliphatic rings. The van der Waals surface area contributed by atoms with Crippen molar-refractivity contribution < 1.29 is 8.42 Å². The van der Waals surface area contributed by atoms with Crippen molar-refractivity contribution in [1.82, 2.24) is 4.72 Å². The van der Waals surface area contributed by atoms with Crippen LogP contribution in [0.15, 0.2) is 53.4 Å². The highest BCUT2D eigenvalue weighted by Gasteiger charge is 2.16. The second-order valence-corrected chi connectivity index (χ2v) is 5.76. The molecule has 0 amide bonds. The standard InChI is InChI=1S/C14H14NO2S/c1-11-7-9-12(10-8-11)13-5-3-4-6-14(13)18(16,17)15-2/h3-10,15H,1H2,2H3. The van der Waals surface area contributed by atoms with Crippen LogP contribution in [-0.4, -0.2) is 15.5 Å². The second kappa shape index (κ2) is 4.92. The zero-order chi connectivity index (χ0) is 13.2. The topological polar surface area (TPSA) is 46.2 Å². The molecule has 0 aliphatic carbocycles. The van der Waals surface area contributed by atoms with Crippen LogP contribution in [0.5, 0.6) is 0 Å². The van der Waals surface area contributed by atoms with Crippen molar-refractivity contribution in [3.63, 3.8) is 0 Å². The lowest BCUT2D eigenvalue weighted by Gasteiger charge is -2.09.